The molecule has 0 saturated heterocycles. The Kier molecular flexibility index (Phi) is 4.55. The van der Waals surface area contributed by atoms with Crippen molar-refractivity contribution in [3.05, 3.63) is 40.8 Å². The predicted molar refractivity (Wildman–Crippen MR) is 99.9 cm³/mol. The molecule has 0 radical (unpaired) electrons. The van der Waals surface area contributed by atoms with Crippen LogP contribution in [0.5, 0.6) is 5.75 Å². The first kappa shape index (κ1) is 18.2. The van der Waals surface area contributed by atoms with Gasteiger partial charge in [-0.05, 0) is 55.9 Å². The summed E-state index contributed by atoms with van der Waals surface area (Å²) in [6, 6.07) is 3.80. The predicted octanol–water partition coefficient (Wildman–Crippen LogP) is 3.77. The van der Waals surface area contributed by atoms with Gasteiger partial charge in [0.2, 0.25) is 0 Å². The van der Waals surface area contributed by atoms with Crippen molar-refractivity contribution < 1.29 is 22.7 Å². The van der Waals surface area contributed by atoms with Gasteiger partial charge >= 0.3 is 6.03 Å². The Morgan fingerprint density at radius 3 is 2.74 bits per heavy atom. The highest BCUT2D eigenvalue weighted by atomic mass is 35.5. The summed E-state index contributed by atoms with van der Waals surface area (Å²) in [4.78, 5) is 12.1. The van der Waals surface area contributed by atoms with E-state index in [0.29, 0.717) is 12.8 Å². The minimum Gasteiger partial charge on any atom is -0.504 e. The van der Waals surface area contributed by atoms with Crippen molar-refractivity contribution >= 4 is 33.2 Å². The van der Waals surface area contributed by atoms with E-state index in [1.807, 2.05) is 6.07 Å². The van der Waals surface area contributed by atoms with Crippen molar-refractivity contribution in [3.8, 4) is 5.75 Å². The number of anilines is 1. The number of amides is 2. The molecule has 0 aliphatic heterocycles. The van der Waals surface area contributed by atoms with Crippen molar-refractivity contribution in [2.24, 2.45) is 0 Å². The van der Waals surface area contributed by atoms with Crippen LogP contribution in [0.3, 0.4) is 0 Å². The number of urea groups is 1. The molecular formula is C18H19ClN2O5S. The molecule has 27 heavy (non-hydrogen) atoms. The van der Waals surface area contributed by atoms with Gasteiger partial charge in [0.05, 0.1) is 28.3 Å². The average molecular weight is 411 g/mol. The van der Waals surface area contributed by atoms with Crippen LogP contribution in [0.15, 0.2) is 33.8 Å². The fraction of sp³-hybridized carbons (Fsp3) is 0.389. The van der Waals surface area contributed by atoms with Crippen molar-refractivity contribution in [2.75, 3.05) is 5.32 Å². The summed E-state index contributed by atoms with van der Waals surface area (Å²) in [5, 5.41) is 15.2. The Balaban J connectivity index is 1.54. The standard InChI is InChI=1S/C18H19ClN2O5S/c19-12-6-7-13(15(22)17(12)27(24,25)11-4-5-11)20-18(23)21-14-3-1-2-10-8-9-26-16(10)14/h6-9,11,14,22H,1-5H2,(H2,20,21,23)/t14-/m1/s1. The highest BCUT2D eigenvalue weighted by molar-refractivity contribution is 7.92. The quantitative estimate of drug-likeness (QED) is 0.664. The SMILES string of the molecule is O=C(Nc1ccc(Cl)c(S(=O)(=O)C2CC2)c1O)N[C@@H]1CCCc2ccoc21. The molecule has 7 nitrogen and oxygen atoms in total. The van der Waals surface area contributed by atoms with Crippen molar-refractivity contribution in [2.45, 2.75) is 48.3 Å². The third kappa shape index (κ3) is 3.39. The van der Waals surface area contributed by atoms with E-state index in [1.54, 1.807) is 6.26 Å². The molecular weight excluding hydrogens is 392 g/mol. The Hall–Kier alpha value is -2.19. The number of aromatic hydroxyl groups is 1. The summed E-state index contributed by atoms with van der Waals surface area (Å²) in [5.41, 5.74) is 1.06. The summed E-state index contributed by atoms with van der Waals surface area (Å²) in [6.45, 7) is 0. The van der Waals surface area contributed by atoms with Gasteiger partial charge in [-0.3, -0.25) is 0 Å². The highest BCUT2D eigenvalue weighted by Gasteiger charge is 2.40. The van der Waals surface area contributed by atoms with Gasteiger partial charge in [0.1, 0.15) is 10.7 Å². The summed E-state index contributed by atoms with van der Waals surface area (Å²) >= 11 is 6.01. The van der Waals surface area contributed by atoms with Crippen LogP contribution in [0.4, 0.5) is 10.5 Å². The molecule has 2 aliphatic carbocycles. The van der Waals surface area contributed by atoms with Gasteiger partial charge in [-0.2, -0.15) is 0 Å². The van der Waals surface area contributed by atoms with E-state index in [4.69, 9.17) is 16.0 Å². The van der Waals surface area contributed by atoms with Crippen LogP contribution in [0, 0.1) is 0 Å². The van der Waals surface area contributed by atoms with E-state index in [2.05, 4.69) is 10.6 Å². The van der Waals surface area contributed by atoms with Gasteiger partial charge in [0, 0.05) is 0 Å². The minimum atomic E-state index is -3.71. The first-order chi connectivity index (χ1) is 12.9. The van der Waals surface area contributed by atoms with Gasteiger partial charge < -0.3 is 20.2 Å². The number of furan rings is 1. The van der Waals surface area contributed by atoms with E-state index in [9.17, 15) is 18.3 Å². The fourth-order valence-corrected chi connectivity index (χ4v) is 5.69. The smallest absolute Gasteiger partial charge is 0.319 e. The Morgan fingerprint density at radius 2 is 2.00 bits per heavy atom. The molecule has 0 bridgehead atoms. The van der Waals surface area contributed by atoms with Gasteiger partial charge in [-0.15, -0.1) is 0 Å². The number of fused-ring (bicyclic) bond motifs is 1. The summed E-state index contributed by atoms with van der Waals surface area (Å²) in [5.74, 6) is 0.195. The normalized spacial score (nSPS) is 19.4. The molecule has 2 aromatic rings. The lowest BCUT2D eigenvalue weighted by Crippen LogP contribution is -2.34. The summed E-state index contributed by atoms with van der Waals surface area (Å²) < 4.78 is 30.5. The largest absolute Gasteiger partial charge is 0.504 e. The lowest BCUT2D eigenvalue weighted by atomic mass is 9.94. The highest BCUT2D eigenvalue weighted by Crippen LogP contribution is 2.43. The van der Waals surface area contributed by atoms with Crippen LogP contribution in [0.1, 0.15) is 43.0 Å². The van der Waals surface area contributed by atoms with Crippen LogP contribution in [-0.4, -0.2) is 24.8 Å². The maximum absolute atomic E-state index is 12.5. The monoisotopic (exact) mass is 410 g/mol. The number of aryl methyl sites for hydroxylation is 1. The number of hydrogen-bond acceptors (Lipinski definition) is 5. The molecule has 4 rings (SSSR count). The second-order valence-electron chi connectivity index (χ2n) is 6.87. The summed E-state index contributed by atoms with van der Waals surface area (Å²) in [7, 11) is -3.71. The van der Waals surface area contributed by atoms with Gasteiger partial charge in [0.25, 0.3) is 0 Å². The molecule has 144 valence electrons. The molecule has 1 aromatic carbocycles. The molecule has 1 saturated carbocycles. The number of sulfone groups is 1. The minimum absolute atomic E-state index is 0.00778. The van der Waals surface area contributed by atoms with Gasteiger partial charge in [-0.25, -0.2) is 13.2 Å². The maximum atomic E-state index is 12.5. The topological polar surface area (TPSA) is 109 Å². The van der Waals surface area contributed by atoms with Crippen LogP contribution < -0.4 is 10.6 Å². The zero-order valence-electron chi connectivity index (χ0n) is 14.4. The lowest BCUT2D eigenvalue weighted by molar-refractivity contribution is 0.244. The summed E-state index contributed by atoms with van der Waals surface area (Å²) in [6.07, 6.45) is 5.26. The Labute approximate surface area is 161 Å². The molecule has 0 spiro atoms. The molecule has 1 atom stereocenters. The molecule has 0 unspecified atom stereocenters. The Morgan fingerprint density at radius 1 is 1.22 bits per heavy atom. The molecule has 3 N–H and O–H groups in total. The average Bonchev–Trinajstić information content (AvgIpc) is 3.36. The number of phenols is 1. The van der Waals surface area contributed by atoms with E-state index in [-0.39, 0.29) is 21.6 Å². The molecule has 2 aliphatic rings. The number of benzene rings is 1. The van der Waals surface area contributed by atoms with E-state index in [0.717, 1.165) is 30.6 Å². The number of rotatable bonds is 4. The molecule has 2 amide bonds. The van der Waals surface area contributed by atoms with Gasteiger partial charge in [-0.1, -0.05) is 11.6 Å². The van der Waals surface area contributed by atoms with Crippen molar-refractivity contribution in [1.29, 1.82) is 0 Å². The molecule has 1 heterocycles. The zero-order chi connectivity index (χ0) is 19.2. The number of carbonyl (C=O) groups excluding carboxylic acids is 1. The molecule has 1 fully saturated rings. The van der Waals surface area contributed by atoms with E-state index >= 15 is 0 Å². The fourth-order valence-electron chi connectivity index (χ4n) is 3.40. The van der Waals surface area contributed by atoms with Crippen molar-refractivity contribution in [1.82, 2.24) is 5.32 Å². The van der Waals surface area contributed by atoms with E-state index in [1.165, 1.54) is 12.1 Å². The van der Waals surface area contributed by atoms with Crippen LogP contribution >= 0.6 is 11.6 Å². The number of hydrogen-bond donors (Lipinski definition) is 3. The lowest BCUT2D eigenvalue weighted by Gasteiger charge is -2.22. The number of carbonyl (C=O) groups is 1. The third-order valence-corrected chi connectivity index (χ3v) is 7.68. The third-order valence-electron chi connectivity index (χ3n) is 4.92. The number of halogens is 1. The van der Waals surface area contributed by atoms with Gasteiger partial charge in [0.15, 0.2) is 15.6 Å². The first-order valence-corrected chi connectivity index (χ1v) is 10.7. The van der Waals surface area contributed by atoms with Crippen LogP contribution in [-0.2, 0) is 16.3 Å². The maximum Gasteiger partial charge on any atom is 0.319 e. The number of nitrogens with one attached hydrogen (secondary N) is 2. The second-order valence-corrected chi connectivity index (χ2v) is 9.44. The second kappa shape index (κ2) is 6.76. The number of phenolic OH excluding ortho intramolecular Hbond substituents is 1. The Bertz CT molecular complexity index is 997. The van der Waals surface area contributed by atoms with Crippen LogP contribution in [0.2, 0.25) is 5.02 Å². The zero-order valence-corrected chi connectivity index (χ0v) is 15.9. The molecule has 9 heteroatoms. The molecule has 1 aromatic heterocycles. The van der Waals surface area contributed by atoms with Crippen molar-refractivity contribution in [3.63, 3.8) is 0 Å². The van der Waals surface area contributed by atoms with Crippen LogP contribution in [0.25, 0.3) is 0 Å². The first-order valence-electron chi connectivity index (χ1n) is 8.77. The van der Waals surface area contributed by atoms with E-state index < -0.39 is 26.9 Å².